The van der Waals surface area contributed by atoms with Crippen molar-refractivity contribution in [3.05, 3.63) is 46.2 Å². The van der Waals surface area contributed by atoms with E-state index in [9.17, 15) is 4.79 Å². The molecule has 0 aliphatic carbocycles. The zero-order valence-corrected chi connectivity index (χ0v) is 16.6. The topological polar surface area (TPSA) is 64.5 Å². The van der Waals surface area contributed by atoms with Crippen LogP contribution in [0.3, 0.4) is 0 Å². The predicted molar refractivity (Wildman–Crippen MR) is 105 cm³/mol. The number of hydrogen-bond acceptors (Lipinski definition) is 6. The van der Waals surface area contributed by atoms with Crippen LogP contribution in [0, 0.1) is 6.92 Å². The Labute approximate surface area is 164 Å². The van der Waals surface area contributed by atoms with Gasteiger partial charge in [0.2, 0.25) is 5.95 Å². The van der Waals surface area contributed by atoms with Gasteiger partial charge in [0.1, 0.15) is 10.9 Å². The first-order valence-corrected chi connectivity index (χ1v) is 9.39. The molecule has 0 amide bonds. The Balaban J connectivity index is 1.72. The monoisotopic (exact) mass is 389 g/mol. The van der Waals surface area contributed by atoms with E-state index in [1.54, 1.807) is 7.11 Å². The van der Waals surface area contributed by atoms with Crippen molar-refractivity contribution >= 4 is 23.5 Å². The van der Waals surface area contributed by atoms with E-state index in [2.05, 4.69) is 27.0 Å². The summed E-state index contributed by atoms with van der Waals surface area (Å²) in [5, 5.41) is 0.315. The van der Waals surface area contributed by atoms with E-state index in [0.717, 1.165) is 31.7 Å². The van der Waals surface area contributed by atoms with Crippen LogP contribution in [0.4, 0.5) is 5.95 Å². The molecule has 0 bridgehead atoms. The molecular formula is C20H24ClN3O3. The first-order chi connectivity index (χ1) is 13.0. The summed E-state index contributed by atoms with van der Waals surface area (Å²) in [7, 11) is 3.06. The molecule has 1 fully saturated rings. The maximum absolute atomic E-state index is 11.5. The van der Waals surface area contributed by atoms with Gasteiger partial charge in [0.15, 0.2) is 0 Å². The lowest BCUT2D eigenvalue weighted by Crippen LogP contribution is -2.34. The Kier molecular flexibility index (Phi) is 6.16. The van der Waals surface area contributed by atoms with Crippen molar-refractivity contribution in [2.45, 2.75) is 32.1 Å². The molecule has 1 aromatic heterocycles. The fourth-order valence-electron chi connectivity index (χ4n) is 3.50. The molecule has 0 atom stereocenters. The summed E-state index contributed by atoms with van der Waals surface area (Å²) in [6.07, 6.45) is 2.06. The number of ether oxygens (including phenoxy) is 2. The number of para-hydroxylation sites is 1. The molecule has 2 aromatic rings. The molecule has 1 saturated heterocycles. The Morgan fingerprint density at radius 1 is 1.22 bits per heavy atom. The number of methoxy groups -OCH3 is 2. The largest absolute Gasteiger partial charge is 0.496 e. The van der Waals surface area contributed by atoms with Crippen molar-refractivity contribution in [3.8, 4) is 5.75 Å². The first-order valence-electron chi connectivity index (χ1n) is 9.01. The van der Waals surface area contributed by atoms with Crippen molar-refractivity contribution in [2.75, 3.05) is 32.2 Å². The Morgan fingerprint density at radius 3 is 2.56 bits per heavy atom. The van der Waals surface area contributed by atoms with Gasteiger partial charge in [-0.2, -0.15) is 0 Å². The number of aromatic nitrogens is 2. The van der Waals surface area contributed by atoms with Crippen LogP contribution < -0.4 is 9.64 Å². The highest BCUT2D eigenvalue weighted by Crippen LogP contribution is 2.35. The molecular weight excluding hydrogens is 366 g/mol. The zero-order chi connectivity index (χ0) is 19.4. The number of carbonyl (C=O) groups is 1. The number of esters is 1. The van der Waals surface area contributed by atoms with E-state index in [0.29, 0.717) is 28.3 Å². The van der Waals surface area contributed by atoms with Gasteiger partial charge in [-0.15, -0.1) is 0 Å². The predicted octanol–water partition coefficient (Wildman–Crippen LogP) is 3.55. The van der Waals surface area contributed by atoms with Crippen molar-refractivity contribution in [1.29, 1.82) is 0 Å². The van der Waals surface area contributed by atoms with Gasteiger partial charge >= 0.3 is 5.97 Å². The lowest BCUT2D eigenvalue weighted by atomic mass is 9.89. The molecule has 0 unspecified atom stereocenters. The lowest BCUT2D eigenvalue weighted by molar-refractivity contribution is -0.139. The number of hydrogen-bond donors (Lipinski definition) is 0. The standard InChI is InChI=1S/C20H24ClN3O3/c1-13-16(12-18(25)27-3)19(21)23-20(22-13)24-10-8-14(9-11-24)15-6-4-5-7-17(15)26-2/h4-7,14H,8-12H2,1-3H3. The Hall–Kier alpha value is -2.34. The fourth-order valence-corrected chi connectivity index (χ4v) is 3.78. The highest BCUT2D eigenvalue weighted by atomic mass is 35.5. The molecule has 6 nitrogen and oxygen atoms in total. The molecule has 1 aromatic carbocycles. The summed E-state index contributed by atoms with van der Waals surface area (Å²) < 4.78 is 10.2. The van der Waals surface area contributed by atoms with Crippen LogP contribution in [0.1, 0.15) is 35.6 Å². The molecule has 2 heterocycles. The summed E-state index contributed by atoms with van der Waals surface area (Å²) in [6.45, 7) is 3.53. The van der Waals surface area contributed by atoms with Crippen LogP contribution in [0.2, 0.25) is 5.15 Å². The lowest BCUT2D eigenvalue weighted by Gasteiger charge is -2.33. The van der Waals surface area contributed by atoms with Crippen LogP contribution in [0.25, 0.3) is 0 Å². The minimum absolute atomic E-state index is 0.0807. The van der Waals surface area contributed by atoms with Crippen LogP contribution in [0.5, 0.6) is 5.75 Å². The van der Waals surface area contributed by atoms with Gasteiger partial charge in [-0.05, 0) is 37.3 Å². The van der Waals surface area contributed by atoms with Gasteiger partial charge in [-0.3, -0.25) is 4.79 Å². The molecule has 1 aliphatic rings. The number of halogens is 1. The van der Waals surface area contributed by atoms with Crippen LogP contribution in [0.15, 0.2) is 24.3 Å². The molecule has 3 rings (SSSR count). The molecule has 0 spiro atoms. The SMILES string of the molecule is COC(=O)Cc1c(C)nc(N2CCC(c3ccccc3OC)CC2)nc1Cl. The third-order valence-electron chi connectivity index (χ3n) is 5.06. The van der Waals surface area contributed by atoms with Gasteiger partial charge in [0.25, 0.3) is 0 Å². The third kappa shape index (κ3) is 4.33. The second-order valence-electron chi connectivity index (χ2n) is 6.63. The van der Waals surface area contributed by atoms with Crippen molar-refractivity contribution < 1.29 is 14.3 Å². The number of aryl methyl sites for hydroxylation is 1. The fraction of sp³-hybridized carbons (Fsp3) is 0.450. The summed E-state index contributed by atoms with van der Waals surface area (Å²) in [6, 6.07) is 8.19. The van der Waals surface area contributed by atoms with Crippen LogP contribution >= 0.6 is 11.6 Å². The highest BCUT2D eigenvalue weighted by Gasteiger charge is 2.25. The Bertz CT molecular complexity index is 797. The molecule has 7 heteroatoms. The van der Waals surface area contributed by atoms with E-state index in [4.69, 9.17) is 21.1 Å². The molecule has 0 saturated carbocycles. The average molecular weight is 390 g/mol. The van der Waals surface area contributed by atoms with Gasteiger partial charge in [0.05, 0.1) is 20.6 Å². The normalized spacial score (nSPS) is 14.9. The number of anilines is 1. The minimum atomic E-state index is -0.353. The zero-order valence-electron chi connectivity index (χ0n) is 15.9. The number of rotatable bonds is 5. The first kappa shape index (κ1) is 19.4. The maximum atomic E-state index is 11.5. The summed E-state index contributed by atoms with van der Waals surface area (Å²) in [4.78, 5) is 22.7. The second kappa shape index (κ2) is 8.57. The van der Waals surface area contributed by atoms with Crippen molar-refractivity contribution in [2.24, 2.45) is 0 Å². The summed E-state index contributed by atoms with van der Waals surface area (Å²) in [5.74, 6) is 1.66. The molecule has 1 aliphatic heterocycles. The number of carbonyl (C=O) groups excluding carboxylic acids is 1. The van der Waals surface area contributed by atoms with E-state index >= 15 is 0 Å². The van der Waals surface area contributed by atoms with Crippen molar-refractivity contribution in [3.63, 3.8) is 0 Å². The van der Waals surface area contributed by atoms with E-state index in [1.807, 2.05) is 19.1 Å². The number of benzene rings is 1. The number of piperidine rings is 1. The maximum Gasteiger partial charge on any atom is 0.310 e. The molecule has 27 heavy (non-hydrogen) atoms. The smallest absolute Gasteiger partial charge is 0.310 e. The van der Waals surface area contributed by atoms with Gasteiger partial charge in [-0.25, -0.2) is 9.97 Å². The van der Waals surface area contributed by atoms with Gasteiger partial charge in [-0.1, -0.05) is 29.8 Å². The van der Waals surface area contributed by atoms with E-state index in [-0.39, 0.29) is 12.4 Å². The number of nitrogens with zero attached hydrogens (tertiary/aromatic N) is 3. The van der Waals surface area contributed by atoms with E-state index < -0.39 is 0 Å². The highest BCUT2D eigenvalue weighted by molar-refractivity contribution is 6.30. The van der Waals surface area contributed by atoms with Gasteiger partial charge < -0.3 is 14.4 Å². The van der Waals surface area contributed by atoms with E-state index in [1.165, 1.54) is 12.7 Å². The average Bonchev–Trinajstić information content (AvgIpc) is 2.70. The third-order valence-corrected chi connectivity index (χ3v) is 5.37. The van der Waals surface area contributed by atoms with Crippen LogP contribution in [-0.4, -0.2) is 43.2 Å². The Morgan fingerprint density at radius 2 is 1.93 bits per heavy atom. The quantitative estimate of drug-likeness (QED) is 0.575. The van der Waals surface area contributed by atoms with Crippen LogP contribution in [-0.2, 0) is 16.0 Å². The minimum Gasteiger partial charge on any atom is -0.496 e. The molecule has 0 N–H and O–H groups in total. The van der Waals surface area contributed by atoms with Crippen molar-refractivity contribution in [1.82, 2.24) is 9.97 Å². The molecule has 144 valence electrons. The molecule has 0 radical (unpaired) electrons. The summed E-state index contributed by atoms with van der Waals surface area (Å²) >= 11 is 6.32. The second-order valence-corrected chi connectivity index (χ2v) is 6.99. The van der Waals surface area contributed by atoms with Gasteiger partial charge in [0, 0.05) is 24.3 Å². The summed E-state index contributed by atoms with van der Waals surface area (Å²) in [5.41, 5.74) is 2.58.